The van der Waals surface area contributed by atoms with E-state index in [0.29, 0.717) is 22.5 Å². The zero-order valence-electron chi connectivity index (χ0n) is 12.5. The summed E-state index contributed by atoms with van der Waals surface area (Å²) in [4.78, 5) is 27.6. The van der Waals surface area contributed by atoms with E-state index in [0.717, 1.165) is 0 Å². The van der Waals surface area contributed by atoms with Gasteiger partial charge in [0.15, 0.2) is 5.65 Å². The first-order valence-corrected chi connectivity index (χ1v) is 6.84. The summed E-state index contributed by atoms with van der Waals surface area (Å²) < 4.78 is 0. The molecule has 0 saturated carbocycles. The SMILES string of the molecule is CC(C)C(=O)Nc1cnc2n[nH]c(NC(=O)C(C)C)c2c1. The first-order valence-electron chi connectivity index (χ1n) is 6.84. The van der Waals surface area contributed by atoms with Gasteiger partial charge >= 0.3 is 0 Å². The molecular weight excluding hydrogens is 270 g/mol. The van der Waals surface area contributed by atoms with Gasteiger partial charge in [-0.05, 0) is 6.07 Å². The van der Waals surface area contributed by atoms with E-state index < -0.39 is 0 Å². The van der Waals surface area contributed by atoms with Crippen molar-refractivity contribution in [2.24, 2.45) is 11.8 Å². The van der Waals surface area contributed by atoms with Gasteiger partial charge in [-0.2, -0.15) is 5.10 Å². The highest BCUT2D eigenvalue weighted by Gasteiger charge is 2.14. The monoisotopic (exact) mass is 289 g/mol. The topological polar surface area (TPSA) is 99.8 Å². The number of hydrogen-bond acceptors (Lipinski definition) is 4. The third kappa shape index (κ3) is 3.36. The van der Waals surface area contributed by atoms with Gasteiger partial charge in [-0.1, -0.05) is 27.7 Å². The number of fused-ring (bicyclic) bond motifs is 1. The first-order chi connectivity index (χ1) is 9.88. The zero-order chi connectivity index (χ0) is 15.6. The summed E-state index contributed by atoms with van der Waals surface area (Å²) in [6.45, 7) is 7.24. The summed E-state index contributed by atoms with van der Waals surface area (Å²) in [7, 11) is 0. The third-order valence-corrected chi connectivity index (χ3v) is 2.97. The second-order valence-corrected chi connectivity index (χ2v) is 5.48. The standard InChI is InChI=1S/C14H19N5O2/c1-7(2)13(20)16-9-5-10-11(15-6-9)18-19-12(10)17-14(21)8(3)4/h5-8H,1-4H3,(H,16,20)(H2,15,17,18,19,21). The van der Waals surface area contributed by atoms with Crippen molar-refractivity contribution in [1.82, 2.24) is 15.2 Å². The molecule has 2 aromatic rings. The van der Waals surface area contributed by atoms with Gasteiger partial charge in [0.25, 0.3) is 0 Å². The number of amides is 2. The summed E-state index contributed by atoms with van der Waals surface area (Å²) in [5, 5.41) is 13.0. The Labute approximate surface area is 122 Å². The minimum atomic E-state index is -0.139. The molecule has 0 saturated heterocycles. The zero-order valence-corrected chi connectivity index (χ0v) is 12.5. The Balaban J connectivity index is 2.28. The van der Waals surface area contributed by atoms with E-state index in [9.17, 15) is 9.59 Å². The van der Waals surface area contributed by atoms with Crippen LogP contribution in [0.4, 0.5) is 11.5 Å². The molecular formula is C14H19N5O2. The smallest absolute Gasteiger partial charge is 0.228 e. The predicted octanol–water partition coefficient (Wildman–Crippen LogP) is 2.15. The van der Waals surface area contributed by atoms with Crippen molar-refractivity contribution in [2.45, 2.75) is 27.7 Å². The molecule has 0 spiro atoms. The van der Waals surface area contributed by atoms with Crippen LogP contribution in [0.25, 0.3) is 11.0 Å². The first kappa shape index (κ1) is 15.0. The van der Waals surface area contributed by atoms with E-state index in [1.807, 2.05) is 13.8 Å². The molecule has 0 aromatic carbocycles. The van der Waals surface area contributed by atoms with Crippen LogP contribution in [0.15, 0.2) is 12.3 Å². The molecule has 3 N–H and O–H groups in total. The van der Waals surface area contributed by atoms with Gasteiger partial charge in [-0.15, -0.1) is 0 Å². The van der Waals surface area contributed by atoms with Crippen molar-refractivity contribution in [3.05, 3.63) is 12.3 Å². The molecule has 7 nitrogen and oxygen atoms in total. The molecule has 2 heterocycles. The molecule has 2 aromatic heterocycles. The molecule has 2 rings (SSSR count). The Hall–Kier alpha value is -2.44. The lowest BCUT2D eigenvalue weighted by atomic mass is 10.2. The van der Waals surface area contributed by atoms with Crippen LogP contribution < -0.4 is 10.6 Å². The maximum atomic E-state index is 11.8. The van der Waals surface area contributed by atoms with Crippen LogP contribution in [0.3, 0.4) is 0 Å². The lowest BCUT2D eigenvalue weighted by Gasteiger charge is -2.08. The molecule has 7 heteroatoms. The van der Waals surface area contributed by atoms with Gasteiger partial charge in [-0.25, -0.2) is 4.98 Å². The number of H-pyrrole nitrogens is 1. The Morgan fingerprint density at radius 3 is 2.33 bits per heavy atom. The number of pyridine rings is 1. The molecule has 0 radical (unpaired) electrons. The number of carbonyl (C=O) groups excluding carboxylic acids is 2. The molecule has 0 bridgehead atoms. The molecule has 0 aliphatic carbocycles. The van der Waals surface area contributed by atoms with E-state index >= 15 is 0 Å². The van der Waals surface area contributed by atoms with Crippen molar-refractivity contribution in [3.63, 3.8) is 0 Å². The Morgan fingerprint density at radius 2 is 1.71 bits per heavy atom. The fourth-order valence-corrected chi connectivity index (χ4v) is 1.62. The van der Waals surface area contributed by atoms with E-state index in [-0.39, 0.29) is 23.7 Å². The van der Waals surface area contributed by atoms with E-state index in [1.165, 1.54) is 6.20 Å². The van der Waals surface area contributed by atoms with Gasteiger partial charge in [0.05, 0.1) is 17.3 Å². The molecule has 0 aliphatic rings. The maximum Gasteiger partial charge on any atom is 0.228 e. The fourth-order valence-electron chi connectivity index (χ4n) is 1.62. The Kier molecular flexibility index (Phi) is 4.21. The number of hydrogen-bond donors (Lipinski definition) is 3. The van der Waals surface area contributed by atoms with E-state index in [1.54, 1.807) is 19.9 Å². The van der Waals surface area contributed by atoms with E-state index in [4.69, 9.17) is 0 Å². The summed E-state index contributed by atoms with van der Waals surface area (Å²) in [6.07, 6.45) is 1.54. The minimum Gasteiger partial charge on any atom is -0.324 e. The van der Waals surface area contributed by atoms with Crippen LogP contribution in [0.5, 0.6) is 0 Å². The molecule has 2 amide bonds. The summed E-state index contributed by atoms with van der Waals surface area (Å²) in [6, 6.07) is 1.74. The van der Waals surface area contributed by atoms with E-state index in [2.05, 4.69) is 25.8 Å². The Bertz CT molecular complexity index is 675. The summed E-state index contributed by atoms with van der Waals surface area (Å²) >= 11 is 0. The highest BCUT2D eigenvalue weighted by molar-refractivity contribution is 6.01. The highest BCUT2D eigenvalue weighted by Crippen LogP contribution is 2.22. The minimum absolute atomic E-state index is 0.0904. The summed E-state index contributed by atoms with van der Waals surface area (Å²) in [5.41, 5.74) is 1.05. The average Bonchev–Trinajstić information content (AvgIpc) is 2.81. The molecule has 112 valence electrons. The Morgan fingerprint density at radius 1 is 1.10 bits per heavy atom. The largest absolute Gasteiger partial charge is 0.324 e. The molecule has 0 unspecified atom stereocenters. The second-order valence-electron chi connectivity index (χ2n) is 5.48. The van der Waals surface area contributed by atoms with Crippen molar-refractivity contribution in [2.75, 3.05) is 10.6 Å². The van der Waals surface area contributed by atoms with Crippen LogP contribution in [0.2, 0.25) is 0 Å². The number of aromatic nitrogens is 3. The van der Waals surface area contributed by atoms with Crippen molar-refractivity contribution < 1.29 is 9.59 Å². The third-order valence-electron chi connectivity index (χ3n) is 2.97. The normalized spacial score (nSPS) is 11.1. The van der Waals surface area contributed by atoms with Crippen LogP contribution in [-0.4, -0.2) is 27.0 Å². The number of nitrogens with one attached hydrogen (secondary N) is 3. The van der Waals surface area contributed by atoms with Crippen LogP contribution in [-0.2, 0) is 9.59 Å². The number of nitrogens with zero attached hydrogens (tertiary/aromatic N) is 2. The van der Waals surface area contributed by atoms with Gasteiger partial charge in [0.1, 0.15) is 5.82 Å². The van der Waals surface area contributed by atoms with Crippen molar-refractivity contribution in [3.8, 4) is 0 Å². The molecule has 21 heavy (non-hydrogen) atoms. The van der Waals surface area contributed by atoms with Gasteiger partial charge in [-0.3, -0.25) is 14.7 Å². The lowest BCUT2D eigenvalue weighted by molar-refractivity contribution is -0.119. The molecule has 0 aliphatic heterocycles. The van der Waals surface area contributed by atoms with Crippen LogP contribution >= 0.6 is 0 Å². The van der Waals surface area contributed by atoms with Gasteiger partial charge in [0.2, 0.25) is 11.8 Å². The fraction of sp³-hybridized carbons (Fsp3) is 0.429. The van der Waals surface area contributed by atoms with Crippen LogP contribution in [0.1, 0.15) is 27.7 Å². The number of aromatic amines is 1. The number of anilines is 2. The van der Waals surface area contributed by atoms with Gasteiger partial charge < -0.3 is 10.6 Å². The van der Waals surface area contributed by atoms with Crippen LogP contribution in [0, 0.1) is 11.8 Å². The molecule has 0 fully saturated rings. The van der Waals surface area contributed by atoms with Gasteiger partial charge in [0, 0.05) is 11.8 Å². The number of rotatable bonds is 4. The maximum absolute atomic E-state index is 11.8. The summed E-state index contributed by atoms with van der Waals surface area (Å²) in [5.74, 6) is 0.0201. The molecule has 0 atom stereocenters. The average molecular weight is 289 g/mol. The highest BCUT2D eigenvalue weighted by atomic mass is 16.2. The van der Waals surface area contributed by atoms with Crippen molar-refractivity contribution in [1.29, 1.82) is 0 Å². The second kappa shape index (κ2) is 5.90. The lowest BCUT2D eigenvalue weighted by Crippen LogP contribution is -2.18. The predicted molar refractivity (Wildman–Crippen MR) is 80.8 cm³/mol. The van der Waals surface area contributed by atoms with Crippen molar-refractivity contribution >= 4 is 34.4 Å². The number of carbonyl (C=O) groups is 2. The quantitative estimate of drug-likeness (QED) is 0.802.